The molecule has 1 aliphatic carbocycles. The standard InChI is InChI=1S/C10H21N3S/c1-2-5-13-8-3-4-9(12)10(6-8)14-7-11/h8,13H,2-7,11-12H2,1H3/t8-/m0/s1. The summed E-state index contributed by atoms with van der Waals surface area (Å²) in [4.78, 5) is 1.30. The van der Waals surface area contributed by atoms with E-state index in [1.54, 1.807) is 11.8 Å². The van der Waals surface area contributed by atoms with Gasteiger partial charge in [0.15, 0.2) is 0 Å². The third kappa shape index (κ3) is 3.52. The number of nitrogens with two attached hydrogens (primary N) is 2. The normalized spacial score (nSPS) is 22.9. The molecule has 0 radical (unpaired) electrons. The summed E-state index contributed by atoms with van der Waals surface area (Å²) in [6.07, 6.45) is 4.44. The van der Waals surface area contributed by atoms with Gasteiger partial charge in [-0.05, 0) is 32.2 Å². The number of rotatable bonds is 5. The average molecular weight is 215 g/mol. The number of hydrogen-bond donors (Lipinski definition) is 3. The molecule has 0 aromatic rings. The van der Waals surface area contributed by atoms with Crippen molar-refractivity contribution >= 4 is 11.8 Å². The Morgan fingerprint density at radius 2 is 2.36 bits per heavy atom. The van der Waals surface area contributed by atoms with Crippen LogP contribution in [0.3, 0.4) is 0 Å². The van der Waals surface area contributed by atoms with E-state index in [1.165, 1.54) is 17.7 Å². The molecule has 0 saturated heterocycles. The lowest BCUT2D eigenvalue weighted by molar-refractivity contribution is 0.463. The van der Waals surface area contributed by atoms with Gasteiger partial charge in [-0.1, -0.05) is 6.92 Å². The van der Waals surface area contributed by atoms with Crippen LogP contribution in [0.4, 0.5) is 0 Å². The molecule has 5 N–H and O–H groups in total. The Kier molecular flexibility index (Phi) is 5.37. The molecule has 0 heterocycles. The summed E-state index contributed by atoms with van der Waals surface area (Å²) < 4.78 is 0. The van der Waals surface area contributed by atoms with Gasteiger partial charge in [0, 0.05) is 22.5 Å². The van der Waals surface area contributed by atoms with Crippen molar-refractivity contribution in [3.63, 3.8) is 0 Å². The first-order valence-corrected chi connectivity index (χ1v) is 6.30. The monoisotopic (exact) mass is 215 g/mol. The summed E-state index contributed by atoms with van der Waals surface area (Å²) in [5.74, 6) is 0.635. The SMILES string of the molecule is CCCN[C@H]1CCC(N)=C(SCN)C1. The maximum atomic E-state index is 5.93. The zero-order valence-electron chi connectivity index (χ0n) is 8.88. The van der Waals surface area contributed by atoms with Crippen molar-refractivity contribution < 1.29 is 0 Å². The van der Waals surface area contributed by atoms with E-state index in [1.807, 2.05) is 0 Å². The van der Waals surface area contributed by atoms with Gasteiger partial charge in [-0.25, -0.2) is 0 Å². The molecule has 0 aromatic heterocycles. The van der Waals surface area contributed by atoms with Gasteiger partial charge in [-0.3, -0.25) is 0 Å². The molecule has 1 rings (SSSR count). The van der Waals surface area contributed by atoms with E-state index >= 15 is 0 Å². The highest BCUT2D eigenvalue weighted by molar-refractivity contribution is 8.03. The molecule has 1 atom stereocenters. The summed E-state index contributed by atoms with van der Waals surface area (Å²) in [6, 6.07) is 0.608. The predicted octanol–water partition coefficient (Wildman–Crippen LogP) is 1.36. The molecule has 4 heteroatoms. The topological polar surface area (TPSA) is 64.1 Å². The van der Waals surface area contributed by atoms with Gasteiger partial charge in [0.25, 0.3) is 0 Å². The van der Waals surface area contributed by atoms with Crippen molar-refractivity contribution in [2.75, 3.05) is 12.4 Å². The molecule has 0 unspecified atom stereocenters. The van der Waals surface area contributed by atoms with Gasteiger partial charge in [0.05, 0.1) is 0 Å². The Morgan fingerprint density at radius 3 is 3.00 bits per heavy atom. The van der Waals surface area contributed by atoms with Gasteiger partial charge < -0.3 is 16.8 Å². The van der Waals surface area contributed by atoms with E-state index < -0.39 is 0 Å². The molecule has 14 heavy (non-hydrogen) atoms. The number of thioether (sulfide) groups is 1. The van der Waals surface area contributed by atoms with Crippen LogP contribution in [0.15, 0.2) is 10.6 Å². The second-order valence-electron chi connectivity index (χ2n) is 3.65. The Bertz CT molecular complexity index is 204. The molecule has 0 aliphatic heterocycles. The first kappa shape index (κ1) is 11.9. The highest BCUT2D eigenvalue weighted by Crippen LogP contribution is 2.29. The van der Waals surface area contributed by atoms with Crippen LogP contribution in [0.5, 0.6) is 0 Å². The Balaban J connectivity index is 2.41. The predicted molar refractivity (Wildman–Crippen MR) is 63.8 cm³/mol. The summed E-state index contributed by atoms with van der Waals surface area (Å²) in [6.45, 7) is 3.29. The zero-order valence-corrected chi connectivity index (χ0v) is 9.70. The van der Waals surface area contributed by atoms with Crippen LogP contribution in [0, 0.1) is 0 Å². The van der Waals surface area contributed by atoms with Crippen molar-refractivity contribution in [1.29, 1.82) is 0 Å². The molecule has 0 fully saturated rings. The maximum Gasteiger partial charge on any atom is 0.0438 e. The molecule has 0 aromatic carbocycles. The Hall–Kier alpha value is -0.190. The zero-order chi connectivity index (χ0) is 10.4. The van der Waals surface area contributed by atoms with Crippen LogP contribution in [-0.4, -0.2) is 18.5 Å². The minimum atomic E-state index is 0.608. The molecule has 0 bridgehead atoms. The molecular formula is C10H21N3S. The smallest absolute Gasteiger partial charge is 0.0438 e. The van der Waals surface area contributed by atoms with Gasteiger partial charge >= 0.3 is 0 Å². The van der Waals surface area contributed by atoms with Crippen molar-refractivity contribution in [2.24, 2.45) is 11.5 Å². The van der Waals surface area contributed by atoms with Gasteiger partial charge in [0.1, 0.15) is 0 Å². The fourth-order valence-corrected chi connectivity index (χ4v) is 2.51. The first-order valence-electron chi connectivity index (χ1n) is 5.31. The molecule has 0 saturated carbocycles. The van der Waals surface area contributed by atoms with E-state index in [2.05, 4.69) is 12.2 Å². The molecule has 3 nitrogen and oxygen atoms in total. The van der Waals surface area contributed by atoms with Crippen LogP contribution in [0.25, 0.3) is 0 Å². The van der Waals surface area contributed by atoms with Gasteiger partial charge in [-0.2, -0.15) is 0 Å². The molecule has 0 spiro atoms. The highest BCUT2D eigenvalue weighted by Gasteiger charge is 2.18. The van der Waals surface area contributed by atoms with E-state index in [0.717, 1.165) is 25.1 Å². The van der Waals surface area contributed by atoms with Crippen LogP contribution >= 0.6 is 11.8 Å². The summed E-state index contributed by atoms with van der Waals surface area (Å²) in [7, 11) is 0. The number of nitrogens with one attached hydrogen (secondary N) is 1. The lowest BCUT2D eigenvalue weighted by Crippen LogP contribution is -2.33. The van der Waals surface area contributed by atoms with Crippen molar-refractivity contribution in [2.45, 2.75) is 38.6 Å². The first-order chi connectivity index (χ1) is 6.77. The van der Waals surface area contributed by atoms with Crippen molar-refractivity contribution in [3.05, 3.63) is 10.6 Å². The van der Waals surface area contributed by atoms with Crippen LogP contribution in [-0.2, 0) is 0 Å². The largest absolute Gasteiger partial charge is 0.401 e. The lowest BCUT2D eigenvalue weighted by atomic mass is 9.99. The van der Waals surface area contributed by atoms with Crippen LogP contribution in [0.2, 0.25) is 0 Å². The fraction of sp³-hybridized carbons (Fsp3) is 0.800. The third-order valence-electron chi connectivity index (χ3n) is 2.49. The summed E-state index contributed by atoms with van der Waals surface area (Å²) in [5.41, 5.74) is 12.5. The molecule has 1 aliphatic rings. The van der Waals surface area contributed by atoms with E-state index in [0.29, 0.717) is 11.9 Å². The average Bonchev–Trinajstić information content (AvgIpc) is 2.19. The van der Waals surface area contributed by atoms with Crippen molar-refractivity contribution in [1.82, 2.24) is 5.32 Å². The summed E-state index contributed by atoms with van der Waals surface area (Å²) >= 11 is 1.69. The van der Waals surface area contributed by atoms with Crippen molar-refractivity contribution in [3.8, 4) is 0 Å². The fourth-order valence-electron chi connectivity index (χ4n) is 1.70. The minimum absolute atomic E-state index is 0.608. The molecule has 82 valence electrons. The Morgan fingerprint density at radius 1 is 1.57 bits per heavy atom. The second-order valence-corrected chi connectivity index (χ2v) is 4.77. The number of hydrogen-bond acceptors (Lipinski definition) is 4. The lowest BCUT2D eigenvalue weighted by Gasteiger charge is -2.25. The van der Waals surface area contributed by atoms with E-state index in [9.17, 15) is 0 Å². The summed E-state index contributed by atoms with van der Waals surface area (Å²) in [5, 5.41) is 3.54. The molecular weight excluding hydrogens is 194 g/mol. The quantitative estimate of drug-likeness (QED) is 0.606. The number of allylic oxidation sites excluding steroid dienone is 1. The van der Waals surface area contributed by atoms with E-state index in [4.69, 9.17) is 11.5 Å². The maximum absolute atomic E-state index is 5.93. The van der Waals surface area contributed by atoms with Gasteiger partial charge in [-0.15, -0.1) is 11.8 Å². The highest BCUT2D eigenvalue weighted by atomic mass is 32.2. The third-order valence-corrected chi connectivity index (χ3v) is 3.44. The van der Waals surface area contributed by atoms with Gasteiger partial charge in [0.2, 0.25) is 0 Å². The molecule has 0 amide bonds. The minimum Gasteiger partial charge on any atom is -0.401 e. The second kappa shape index (κ2) is 6.32. The Labute approximate surface area is 90.7 Å². The van der Waals surface area contributed by atoms with Crippen LogP contribution < -0.4 is 16.8 Å². The van der Waals surface area contributed by atoms with E-state index in [-0.39, 0.29) is 0 Å². The van der Waals surface area contributed by atoms with Crippen LogP contribution in [0.1, 0.15) is 32.6 Å².